The zero-order valence-corrected chi connectivity index (χ0v) is 17.5. The van der Waals surface area contributed by atoms with Crippen molar-refractivity contribution in [2.75, 3.05) is 55.4 Å². The fraction of sp³-hybridized carbons (Fsp3) is 0.579. The van der Waals surface area contributed by atoms with E-state index in [0.29, 0.717) is 16.3 Å². The molecular weight excluding hydrogens is 378 g/mol. The number of thioether (sulfide) groups is 1. The maximum atomic E-state index is 7.75. The molecule has 0 saturated carbocycles. The number of benzene rings is 1. The number of rotatable bonds is 4. The van der Waals surface area contributed by atoms with E-state index in [9.17, 15) is 0 Å². The van der Waals surface area contributed by atoms with Crippen LogP contribution >= 0.6 is 24.0 Å². The van der Waals surface area contributed by atoms with Gasteiger partial charge in [0.1, 0.15) is 0 Å². The highest BCUT2D eigenvalue weighted by molar-refractivity contribution is 8.13. The van der Waals surface area contributed by atoms with Crippen LogP contribution in [0.1, 0.15) is 19.8 Å². The molecule has 2 heterocycles. The summed E-state index contributed by atoms with van der Waals surface area (Å²) in [6.07, 6.45) is 2.43. The van der Waals surface area contributed by atoms with E-state index in [-0.39, 0.29) is 0 Å². The number of nitrogens with zero attached hydrogens (tertiary/aromatic N) is 2. The summed E-state index contributed by atoms with van der Waals surface area (Å²) in [4.78, 5) is 5.06. The van der Waals surface area contributed by atoms with Gasteiger partial charge in [-0.3, -0.25) is 10.3 Å². The van der Waals surface area contributed by atoms with Gasteiger partial charge in [0.25, 0.3) is 0 Å². The SMILES string of the molecule is CCSC(=N)NC(=S)Nc1ccc(N2CCC(N3CCOCC3)CC2)cc1. The number of hydrogen-bond acceptors (Lipinski definition) is 6. The Bertz CT molecular complexity index is 625. The highest BCUT2D eigenvalue weighted by Gasteiger charge is 2.25. The van der Waals surface area contributed by atoms with Gasteiger partial charge in [-0.05, 0) is 55.1 Å². The van der Waals surface area contributed by atoms with Crippen LogP contribution in [-0.4, -0.2) is 66.4 Å². The molecule has 0 spiro atoms. The molecule has 0 aliphatic carbocycles. The van der Waals surface area contributed by atoms with Gasteiger partial charge in [-0.15, -0.1) is 0 Å². The van der Waals surface area contributed by atoms with E-state index in [0.717, 1.165) is 50.8 Å². The van der Waals surface area contributed by atoms with Crippen LogP contribution in [0.15, 0.2) is 24.3 Å². The van der Waals surface area contributed by atoms with Crippen molar-refractivity contribution in [3.8, 4) is 0 Å². The molecule has 3 N–H and O–H groups in total. The predicted molar refractivity (Wildman–Crippen MR) is 119 cm³/mol. The number of anilines is 2. The van der Waals surface area contributed by atoms with Crippen LogP contribution in [0, 0.1) is 5.41 Å². The fourth-order valence-electron chi connectivity index (χ4n) is 3.63. The molecule has 0 aromatic heterocycles. The van der Waals surface area contributed by atoms with Gasteiger partial charge in [0, 0.05) is 43.6 Å². The molecule has 0 bridgehead atoms. The molecule has 1 aromatic rings. The van der Waals surface area contributed by atoms with E-state index in [4.69, 9.17) is 22.4 Å². The van der Waals surface area contributed by atoms with Crippen molar-refractivity contribution < 1.29 is 4.74 Å². The van der Waals surface area contributed by atoms with E-state index in [2.05, 4.69) is 32.6 Å². The van der Waals surface area contributed by atoms with Crippen LogP contribution in [-0.2, 0) is 4.74 Å². The summed E-state index contributed by atoms with van der Waals surface area (Å²) in [5.74, 6) is 0.853. The van der Waals surface area contributed by atoms with E-state index in [1.807, 2.05) is 19.1 Å². The van der Waals surface area contributed by atoms with Gasteiger partial charge in [-0.2, -0.15) is 0 Å². The Labute approximate surface area is 171 Å². The highest BCUT2D eigenvalue weighted by atomic mass is 32.2. The number of amidine groups is 1. The molecule has 2 fully saturated rings. The van der Waals surface area contributed by atoms with Crippen molar-refractivity contribution in [2.45, 2.75) is 25.8 Å². The molecule has 2 saturated heterocycles. The maximum absolute atomic E-state index is 7.75. The summed E-state index contributed by atoms with van der Waals surface area (Å²) >= 11 is 6.69. The molecule has 1 aromatic carbocycles. The first-order valence-corrected chi connectivity index (χ1v) is 11.0. The average molecular weight is 408 g/mol. The van der Waals surface area contributed by atoms with E-state index in [1.165, 1.54) is 30.3 Å². The molecule has 148 valence electrons. The van der Waals surface area contributed by atoms with Gasteiger partial charge >= 0.3 is 0 Å². The van der Waals surface area contributed by atoms with E-state index in [1.54, 1.807) is 0 Å². The molecule has 0 amide bonds. The first kappa shape index (κ1) is 20.4. The average Bonchev–Trinajstić information content (AvgIpc) is 2.69. The molecule has 8 heteroatoms. The van der Waals surface area contributed by atoms with Crippen LogP contribution in [0.2, 0.25) is 0 Å². The highest BCUT2D eigenvalue weighted by Crippen LogP contribution is 2.24. The number of nitrogens with one attached hydrogen (secondary N) is 3. The number of ether oxygens (including phenoxy) is 1. The van der Waals surface area contributed by atoms with Gasteiger partial charge in [0.2, 0.25) is 0 Å². The van der Waals surface area contributed by atoms with E-state index >= 15 is 0 Å². The number of hydrogen-bond donors (Lipinski definition) is 3. The van der Waals surface area contributed by atoms with Crippen LogP contribution in [0.25, 0.3) is 0 Å². The smallest absolute Gasteiger partial charge is 0.176 e. The van der Waals surface area contributed by atoms with Gasteiger partial charge < -0.3 is 20.3 Å². The van der Waals surface area contributed by atoms with Crippen molar-refractivity contribution >= 4 is 45.6 Å². The molecule has 3 rings (SSSR count). The second-order valence-corrected chi connectivity index (χ2v) is 8.44. The van der Waals surface area contributed by atoms with Crippen molar-refractivity contribution in [2.24, 2.45) is 0 Å². The lowest BCUT2D eigenvalue weighted by Gasteiger charge is -2.40. The lowest BCUT2D eigenvalue weighted by Crippen LogP contribution is -2.49. The maximum Gasteiger partial charge on any atom is 0.176 e. The second-order valence-electron chi connectivity index (χ2n) is 6.75. The van der Waals surface area contributed by atoms with Gasteiger partial charge in [0.05, 0.1) is 13.2 Å². The lowest BCUT2D eigenvalue weighted by molar-refractivity contribution is 0.0115. The van der Waals surface area contributed by atoms with Crippen molar-refractivity contribution in [1.29, 1.82) is 5.41 Å². The molecule has 6 nitrogen and oxygen atoms in total. The van der Waals surface area contributed by atoms with E-state index < -0.39 is 0 Å². The summed E-state index contributed by atoms with van der Waals surface area (Å²) in [5, 5.41) is 14.6. The van der Waals surface area contributed by atoms with Crippen molar-refractivity contribution in [1.82, 2.24) is 10.2 Å². The molecule has 0 unspecified atom stereocenters. The minimum Gasteiger partial charge on any atom is -0.379 e. The van der Waals surface area contributed by atoms with Crippen molar-refractivity contribution in [3.63, 3.8) is 0 Å². The Balaban J connectivity index is 1.46. The molecule has 0 atom stereocenters. The van der Waals surface area contributed by atoms with Crippen LogP contribution in [0.3, 0.4) is 0 Å². The van der Waals surface area contributed by atoms with Crippen LogP contribution in [0.4, 0.5) is 11.4 Å². The summed E-state index contributed by atoms with van der Waals surface area (Å²) in [6.45, 7) is 8.12. The van der Waals surface area contributed by atoms with Gasteiger partial charge in [-0.1, -0.05) is 18.7 Å². The monoisotopic (exact) mass is 407 g/mol. The Morgan fingerprint density at radius 2 is 1.85 bits per heavy atom. The summed E-state index contributed by atoms with van der Waals surface area (Å²) in [6, 6.07) is 9.09. The minimum atomic E-state index is 0.370. The third-order valence-electron chi connectivity index (χ3n) is 5.03. The molecule has 2 aliphatic rings. The number of thiocarbonyl (C=S) groups is 1. The summed E-state index contributed by atoms with van der Waals surface area (Å²) < 4.78 is 5.47. The Morgan fingerprint density at radius 3 is 2.48 bits per heavy atom. The summed E-state index contributed by atoms with van der Waals surface area (Å²) in [7, 11) is 0. The second kappa shape index (κ2) is 10.3. The minimum absolute atomic E-state index is 0.370. The zero-order valence-electron chi connectivity index (χ0n) is 15.9. The largest absolute Gasteiger partial charge is 0.379 e. The fourth-order valence-corrected chi connectivity index (χ4v) is 4.38. The number of piperidine rings is 1. The Morgan fingerprint density at radius 1 is 1.19 bits per heavy atom. The molecule has 0 radical (unpaired) electrons. The van der Waals surface area contributed by atoms with Crippen molar-refractivity contribution in [3.05, 3.63) is 24.3 Å². The Hall–Kier alpha value is -1.35. The normalized spacial score (nSPS) is 18.9. The molecular formula is C19H29N5OS2. The first-order valence-electron chi connectivity index (χ1n) is 9.62. The third-order valence-corrected chi connectivity index (χ3v) is 5.92. The quantitative estimate of drug-likeness (QED) is 0.403. The van der Waals surface area contributed by atoms with Crippen LogP contribution in [0.5, 0.6) is 0 Å². The first-order chi connectivity index (χ1) is 13.2. The molecule has 27 heavy (non-hydrogen) atoms. The lowest BCUT2D eigenvalue weighted by atomic mass is 10.0. The Kier molecular flexibility index (Phi) is 7.75. The van der Waals surface area contributed by atoms with Crippen LogP contribution < -0.4 is 15.5 Å². The van der Waals surface area contributed by atoms with Gasteiger partial charge in [-0.25, -0.2) is 0 Å². The standard InChI is InChI=1S/C19H29N5OS2/c1-2-27-18(20)22-19(26)21-15-3-5-16(6-4-15)23-9-7-17(8-10-23)24-11-13-25-14-12-24/h3-6,17H,2,7-14H2,1H3,(H3,20,21,22,26). The topological polar surface area (TPSA) is 63.6 Å². The molecule has 2 aliphatic heterocycles. The summed E-state index contributed by atoms with van der Waals surface area (Å²) in [5.41, 5.74) is 2.20. The van der Waals surface area contributed by atoms with Gasteiger partial charge in [0.15, 0.2) is 10.3 Å². The predicted octanol–water partition coefficient (Wildman–Crippen LogP) is 2.96. The third kappa shape index (κ3) is 6.07. The number of morpholine rings is 1. The zero-order chi connectivity index (χ0) is 19.1.